The molecule has 0 bridgehead atoms. The van der Waals surface area contributed by atoms with Crippen LogP contribution in [0.2, 0.25) is 20.1 Å². The Labute approximate surface area is 261 Å². The summed E-state index contributed by atoms with van der Waals surface area (Å²) in [5.41, 5.74) is 10.1. The van der Waals surface area contributed by atoms with Crippen LogP contribution in [0.25, 0.3) is 20.9 Å². The molecule has 3 nitrogen and oxygen atoms in total. The second-order valence-electron chi connectivity index (χ2n) is 9.69. The summed E-state index contributed by atoms with van der Waals surface area (Å²) in [5.74, 6) is 1.31. The topological polar surface area (TPSA) is 51.8 Å². The highest BCUT2D eigenvalue weighted by Gasteiger charge is 2.15. The van der Waals surface area contributed by atoms with Crippen molar-refractivity contribution in [1.82, 2.24) is 9.97 Å². The first-order valence-corrected chi connectivity index (χ1v) is 16.2. The van der Waals surface area contributed by atoms with Gasteiger partial charge in [0, 0.05) is 0 Å². The lowest BCUT2D eigenvalue weighted by Crippen LogP contribution is -1.95. The number of aromatic nitrogens is 2. The van der Waals surface area contributed by atoms with Gasteiger partial charge in [-0.25, -0.2) is 9.97 Å². The van der Waals surface area contributed by atoms with E-state index in [-0.39, 0.29) is 0 Å². The van der Waals surface area contributed by atoms with Crippen molar-refractivity contribution in [3.05, 3.63) is 71.8 Å². The zero-order chi connectivity index (χ0) is 28.0. The van der Waals surface area contributed by atoms with E-state index in [4.69, 9.17) is 52.1 Å². The van der Waals surface area contributed by atoms with E-state index in [1.165, 1.54) is 16.2 Å². The maximum atomic E-state index is 6.09. The fraction of sp³-hybridized carbons (Fsp3) is 0.357. The van der Waals surface area contributed by atoms with Crippen molar-refractivity contribution in [2.45, 2.75) is 53.4 Å². The molecule has 0 fully saturated rings. The third kappa shape index (κ3) is 9.09. The SMILES string of the molecule is CC(C)CCc1nc(Br)sc1-c1ccc(Cl)c(Cl)c1.CC(C)CCc1nc(N)sc1-c1ccc(Cl)c(Cl)c1. The average molecular weight is 694 g/mol. The Hall–Kier alpha value is -0.860. The van der Waals surface area contributed by atoms with E-state index in [1.807, 2.05) is 30.3 Å². The zero-order valence-electron chi connectivity index (χ0n) is 21.6. The first-order chi connectivity index (χ1) is 17.9. The van der Waals surface area contributed by atoms with Crippen molar-refractivity contribution >= 4 is 90.1 Å². The number of hydrogen-bond acceptors (Lipinski definition) is 5. The molecule has 0 radical (unpaired) electrons. The Balaban J connectivity index is 0.000000211. The minimum absolute atomic E-state index is 0.556. The maximum Gasteiger partial charge on any atom is 0.180 e. The Kier molecular flexibility index (Phi) is 12.2. The van der Waals surface area contributed by atoms with Crippen LogP contribution in [0.15, 0.2) is 40.3 Å². The van der Waals surface area contributed by atoms with Crippen LogP contribution >= 0.6 is 85.0 Å². The highest BCUT2D eigenvalue weighted by molar-refractivity contribution is 9.11. The van der Waals surface area contributed by atoms with Gasteiger partial charge < -0.3 is 5.73 Å². The summed E-state index contributed by atoms with van der Waals surface area (Å²) in [7, 11) is 0. The van der Waals surface area contributed by atoms with Crippen LogP contribution in [0.4, 0.5) is 5.13 Å². The van der Waals surface area contributed by atoms with Crippen LogP contribution in [-0.2, 0) is 12.8 Å². The Bertz CT molecular complexity index is 1260. The van der Waals surface area contributed by atoms with Gasteiger partial charge in [0.25, 0.3) is 0 Å². The molecule has 4 rings (SSSR count). The van der Waals surface area contributed by atoms with Crippen molar-refractivity contribution in [3.63, 3.8) is 0 Å². The molecule has 2 N–H and O–H groups in total. The molecule has 0 saturated carbocycles. The molecule has 0 unspecified atom stereocenters. The molecular weight excluding hydrogens is 664 g/mol. The van der Waals surface area contributed by atoms with E-state index in [0.29, 0.717) is 37.1 Å². The van der Waals surface area contributed by atoms with Crippen molar-refractivity contribution in [1.29, 1.82) is 0 Å². The molecule has 0 spiro atoms. The predicted octanol–water partition coefficient (Wildman–Crippen LogP) is 11.8. The fourth-order valence-corrected chi connectivity index (χ4v) is 6.61. The third-order valence-electron chi connectivity index (χ3n) is 5.67. The maximum absolute atomic E-state index is 6.09. The van der Waals surface area contributed by atoms with Crippen molar-refractivity contribution in [2.24, 2.45) is 11.8 Å². The number of nitrogen functional groups attached to an aromatic ring is 1. The van der Waals surface area contributed by atoms with Crippen LogP contribution in [0.1, 0.15) is 51.9 Å². The minimum atomic E-state index is 0.556. The van der Waals surface area contributed by atoms with Gasteiger partial charge in [-0.3, -0.25) is 0 Å². The molecule has 2 aromatic carbocycles. The van der Waals surface area contributed by atoms with E-state index >= 15 is 0 Å². The lowest BCUT2D eigenvalue weighted by molar-refractivity contribution is 0.582. The molecule has 0 aliphatic carbocycles. The predicted molar refractivity (Wildman–Crippen MR) is 174 cm³/mol. The second kappa shape index (κ2) is 14.7. The number of aryl methyl sites for hydroxylation is 2. The molecule has 2 heterocycles. The van der Waals surface area contributed by atoms with E-state index < -0.39 is 0 Å². The highest BCUT2D eigenvalue weighted by atomic mass is 79.9. The van der Waals surface area contributed by atoms with E-state index in [0.717, 1.165) is 57.0 Å². The third-order valence-corrected chi connectivity index (χ3v) is 9.72. The lowest BCUT2D eigenvalue weighted by atomic mass is 10.0. The molecule has 0 atom stereocenters. The first kappa shape index (κ1) is 31.7. The van der Waals surface area contributed by atoms with Crippen LogP contribution < -0.4 is 5.73 Å². The molecule has 0 amide bonds. The average Bonchev–Trinajstić information content (AvgIpc) is 3.42. The Morgan fingerprint density at radius 2 is 1.16 bits per heavy atom. The fourth-order valence-electron chi connectivity index (χ4n) is 3.61. The summed E-state index contributed by atoms with van der Waals surface area (Å²) < 4.78 is 0.910. The van der Waals surface area contributed by atoms with Crippen LogP contribution in [0.3, 0.4) is 0 Å². The normalized spacial score (nSPS) is 11.2. The van der Waals surface area contributed by atoms with E-state index in [2.05, 4.69) is 53.6 Å². The number of nitrogens with two attached hydrogens (primary N) is 1. The molecule has 0 aliphatic rings. The molecule has 4 aromatic rings. The van der Waals surface area contributed by atoms with Crippen LogP contribution in [-0.4, -0.2) is 9.97 Å². The van der Waals surface area contributed by atoms with Gasteiger partial charge in [0.05, 0.1) is 41.2 Å². The summed E-state index contributed by atoms with van der Waals surface area (Å²) in [6.45, 7) is 8.85. The second-order valence-corrected chi connectivity index (χ2v) is 14.6. The van der Waals surface area contributed by atoms with Crippen LogP contribution in [0, 0.1) is 11.8 Å². The van der Waals surface area contributed by atoms with Crippen molar-refractivity contribution in [3.8, 4) is 20.9 Å². The molecule has 0 aliphatic heterocycles. The molecule has 204 valence electrons. The first-order valence-electron chi connectivity index (χ1n) is 12.3. The molecule has 2 aromatic heterocycles. The summed E-state index contributed by atoms with van der Waals surface area (Å²) in [5, 5.41) is 2.88. The number of benzene rings is 2. The van der Waals surface area contributed by atoms with Gasteiger partial charge in [0.1, 0.15) is 0 Å². The van der Waals surface area contributed by atoms with E-state index in [9.17, 15) is 0 Å². The smallest absolute Gasteiger partial charge is 0.180 e. The molecule has 10 heteroatoms. The summed E-state index contributed by atoms with van der Waals surface area (Å²) in [6, 6.07) is 11.4. The summed E-state index contributed by atoms with van der Waals surface area (Å²) in [4.78, 5) is 11.3. The van der Waals surface area contributed by atoms with Gasteiger partial charge in [0.15, 0.2) is 9.05 Å². The minimum Gasteiger partial charge on any atom is -0.375 e. The summed E-state index contributed by atoms with van der Waals surface area (Å²) >= 11 is 30.7. The standard InChI is InChI=1S/C14H14BrCl2NS.C14H16Cl2N2S/c1-8(2)3-6-12-13(19-14(15)18-12)9-4-5-10(16)11(17)7-9;1-8(2)3-6-12-13(19-14(17)18-12)9-4-5-10(15)11(16)7-9/h4-5,7-8H,3,6H2,1-2H3;4-5,7-8H,3,6H2,1-2H3,(H2,17,18). The number of anilines is 1. The Morgan fingerprint density at radius 3 is 1.61 bits per heavy atom. The number of halogens is 5. The molecule has 38 heavy (non-hydrogen) atoms. The lowest BCUT2D eigenvalue weighted by Gasteiger charge is -2.06. The highest BCUT2D eigenvalue weighted by Crippen LogP contribution is 2.37. The quantitative estimate of drug-likeness (QED) is 0.200. The van der Waals surface area contributed by atoms with Crippen molar-refractivity contribution in [2.75, 3.05) is 5.73 Å². The monoisotopic (exact) mass is 691 g/mol. The molecular formula is C28H30BrCl4N3S2. The number of thiazole rings is 2. The van der Waals surface area contributed by atoms with Gasteiger partial charge in [-0.15, -0.1) is 11.3 Å². The number of nitrogens with zero attached hydrogens (tertiary/aromatic N) is 2. The van der Waals surface area contributed by atoms with Gasteiger partial charge in [0.2, 0.25) is 0 Å². The zero-order valence-corrected chi connectivity index (χ0v) is 27.9. The van der Waals surface area contributed by atoms with Crippen LogP contribution in [0.5, 0.6) is 0 Å². The Morgan fingerprint density at radius 1 is 0.711 bits per heavy atom. The van der Waals surface area contributed by atoms with Gasteiger partial charge in [-0.05, 0) is 88.8 Å². The largest absolute Gasteiger partial charge is 0.375 e. The summed E-state index contributed by atoms with van der Waals surface area (Å²) in [6.07, 6.45) is 4.14. The molecule has 0 saturated heterocycles. The number of rotatable bonds is 8. The number of hydrogen-bond donors (Lipinski definition) is 1. The van der Waals surface area contributed by atoms with Gasteiger partial charge >= 0.3 is 0 Å². The van der Waals surface area contributed by atoms with Gasteiger partial charge in [-0.1, -0.05) is 97.6 Å². The van der Waals surface area contributed by atoms with Gasteiger partial charge in [-0.2, -0.15) is 0 Å². The van der Waals surface area contributed by atoms with Crippen molar-refractivity contribution < 1.29 is 0 Å². The van der Waals surface area contributed by atoms with E-state index in [1.54, 1.807) is 17.4 Å².